The summed E-state index contributed by atoms with van der Waals surface area (Å²) in [7, 11) is 3.99. The first kappa shape index (κ1) is 14.2. The van der Waals surface area contributed by atoms with Crippen molar-refractivity contribution in [2.24, 2.45) is 4.99 Å². The molecule has 0 heterocycles. The molecule has 0 saturated carbocycles. The molecule has 76 valence electrons. The van der Waals surface area contributed by atoms with Gasteiger partial charge in [0.2, 0.25) is 0 Å². The number of likely N-dealkylation sites (N-methyl/N-ethyl adjacent to an activating group) is 1. The van der Waals surface area contributed by atoms with Crippen molar-refractivity contribution in [2.45, 2.75) is 0 Å². The molecule has 0 unspecified atom stereocenters. The Labute approximate surface area is 103 Å². The smallest absolute Gasteiger partial charge is 0.872 e. The van der Waals surface area contributed by atoms with Crippen molar-refractivity contribution < 1.29 is 24.0 Å². The van der Waals surface area contributed by atoms with Gasteiger partial charge in [-0.25, -0.2) is 0 Å². The molecule has 0 aliphatic heterocycles. The maximum absolute atomic E-state index is 11.2. The van der Waals surface area contributed by atoms with Crippen LogP contribution in [-0.4, -0.2) is 38.3 Å². The van der Waals surface area contributed by atoms with E-state index >= 15 is 0 Å². The SMILES string of the molecule is CN(C)CCN=Cc1ccccc1[O-].[Li+]. The van der Waals surface area contributed by atoms with Crippen LogP contribution in [0.2, 0.25) is 0 Å². The van der Waals surface area contributed by atoms with Crippen molar-refractivity contribution in [2.75, 3.05) is 27.2 Å². The molecular weight excluding hydrogens is 183 g/mol. The van der Waals surface area contributed by atoms with Crippen LogP contribution >= 0.6 is 0 Å². The molecule has 15 heavy (non-hydrogen) atoms. The molecule has 0 spiro atoms. The van der Waals surface area contributed by atoms with E-state index in [1.54, 1.807) is 24.4 Å². The van der Waals surface area contributed by atoms with E-state index in [-0.39, 0.29) is 24.6 Å². The minimum atomic E-state index is 0. The molecule has 1 aromatic carbocycles. The largest absolute Gasteiger partial charge is 1.00 e. The van der Waals surface area contributed by atoms with E-state index in [1.165, 1.54) is 0 Å². The number of para-hydroxylation sites is 1. The van der Waals surface area contributed by atoms with Crippen LogP contribution < -0.4 is 24.0 Å². The summed E-state index contributed by atoms with van der Waals surface area (Å²) in [6.07, 6.45) is 1.64. The number of rotatable bonds is 4. The Morgan fingerprint density at radius 3 is 2.60 bits per heavy atom. The Morgan fingerprint density at radius 1 is 1.33 bits per heavy atom. The zero-order chi connectivity index (χ0) is 10.4. The number of aliphatic imine (C=N–C) groups is 1. The van der Waals surface area contributed by atoms with Gasteiger partial charge in [0.05, 0.1) is 6.54 Å². The van der Waals surface area contributed by atoms with E-state index < -0.39 is 0 Å². The van der Waals surface area contributed by atoms with Crippen LogP contribution in [0.15, 0.2) is 29.3 Å². The van der Waals surface area contributed by atoms with Gasteiger partial charge in [0.15, 0.2) is 0 Å². The Morgan fingerprint density at radius 2 is 2.00 bits per heavy atom. The predicted molar refractivity (Wildman–Crippen MR) is 56.9 cm³/mol. The van der Waals surface area contributed by atoms with Crippen molar-refractivity contribution >= 4 is 6.21 Å². The molecule has 0 aliphatic carbocycles. The van der Waals surface area contributed by atoms with Crippen LogP contribution in [0.25, 0.3) is 0 Å². The van der Waals surface area contributed by atoms with E-state index in [2.05, 4.69) is 9.89 Å². The molecule has 0 N–H and O–H groups in total. The summed E-state index contributed by atoms with van der Waals surface area (Å²) in [6, 6.07) is 6.91. The van der Waals surface area contributed by atoms with Crippen LogP contribution in [0.4, 0.5) is 0 Å². The van der Waals surface area contributed by atoms with Crippen LogP contribution in [0.1, 0.15) is 5.56 Å². The first-order valence-electron chi connectivity index (χ1n) is 4.61. The quantitative estimate of drug-likeness (QED) is 0.405. The number of nitrogens with zero attached hydrogens (tertiary/aromatic N) is 2. The first-order valence-corrected chi connectivity index (χ1v) is 4.61. The molecule has 0 saturated heterocycles. The minimum absolute atomic E-state index is 0. The third kappa shape index (κ3) is 5.63. The summed E-state index contributed by atoms with van der Waals surface area (Å²) >= 11 is 0. The standard InChI is InChI=1S/C11H16N2O.Li/c1-13(2)8-7-12-9-10-5-3-4-6-11(10)14;/h3-6,9,14H,7-8H2,1-2H3;/q;+1/p-1. The van der Waals surface area contributed by atoms with Gasteiger partial charge in [-0.05, 0) is 19.7 Å². The van der Waals surface area contributed by atoms with E-state index in [0.29, 0.717) is 5.56 Å². The second-order valence-electron chi connectivity index (χ2n) is 3.38. The molecule has 0 atom stereocenters. The van der Waals surface area contributed by atoms with Crippen LogP contribution in [0, 0.1) is 0 Å². The molecule has 0 aliphatic rings. The predicted octanol–water partition coefficient (Wildman–Crippen LogP) is -2.26. The summed E-state index contributed by atoms with van der Waals surface area (Å²) in [4.78, 5) is 6.23. The van der Waals surface area contributed by atoms with Crippen LogP contribution in [0.3, 0.4) is 0 Å². The number of hydrogen-bond acceptors (Lipinski definition) is 3. The average Bonchev–Trinajstić information content (AvgIpc) is 2.15. The average molecular weight is 198 g/mol. The zero-order valence-electron chi connectivity index (χ0n) is 9.60. The molecule has 0 bridgehead atoms. The first-order chi connectivity index (χ1) is 6.70. The van der Waals surface area contributed by atoms with E-state index in [0.717, 1.165) is 13.1 Å². The molecule has 1 aromatic rings. The molecular formula is C11H15LiN2O. The molecule has 0 fully saturated rings. The molecule has 0 amide bonds. The molecule has 1 rings (SSSR count). The van der Waals surface area contributed by atoms with Gasteiger partial charge >= 0.3 is 18.9 Å². The fraction of sp³-hybridized carbons (Fsp3) is 0.364. The second-order valence-corrected chi connectivity index (χ2v) is 3.38. The molecule has 0 aromatic heterocycles. The van der Waals surface area contributed by atoms with Crippen molar-refractivity contribution in [1.82, 2.24) is 4.90 Å². The Kier molecular flexibility index (Phi) is 7.15. The summed E-state index contributed by atoms with van der Waals surface area (Å²) in [5, 5.41) is 11.2. The van der Waals surface area contributed by atoms with E-state index in [1.807, 2.05) is 20.2 Å². The van der Waals surface area contributed by atoms with E-state index in [4.69, 9.17) is 0 Å². The summed E-state index contributed by atoms with van der Waals surface area (Å²) in [5.74, 6) is 0.0288. The Balaban J connectivity index is 0.00000196. The van der Waals surface area contributed by atoms with E-state index in [9.17, 15) is 5.11 Å². The summed E-state index contributed by atoms with van der Waals surface area (Å²) < 4.78 is 0. The maximum Gasteiger partial charge on any atom is 1.00 e. The monoisotopic (exact) mass is 198 g/mol. The van der Waals surface area contributed by atoms with Gasteiger partial charge in [-0.1, -0.05) is 24.3 Å². The topological polar surface area (TPSA) is 38.7 Å². The summed E-state index contributed by atoms with van der Waals surface area (Å²) in [6.45, 7) is 1.62. The van der Waals surface area contributed by atoms with Crippen LogP contribution in [0.5, 0.6) is 5.75 Å². The normalized spacial score (nSPS) is 10.6. The van der Waals surface area contributed by atoms with Crippen LogP contribution in [-0.2, 0) is 0 Å². The molecule has 4 heteroatoms. The van der Waals surface area contributed by atoms with Crippen molar-refractivity contribution in [3.8, 4) is 5.75 Å². The molecule has 0 radical (unpaired) electrons. The van der Waals surface area contributed by atoms with Gasteiger partial charge in [0.1, 0.15) is 0 Å². The van der Waals surface area contributed by atoms with Crippen molar-refractivity contribution in [3.63, 3.8) is 0 Å². The number of hydrogen-bond donors (Lipinski definition) is 0. The van der Waals surface area contributed by atoms with Gasteiger partial charge in [0, 0.05) is 12.8 Å². The third-order valence-corrected chi connectivity index (χ3v) is 1.83. The Bertz CT molecular complexity index is 313. The Hall–Kier alpha value is -0.753. The maximum atomic E-state index is 11.2. The van der Waals surface area contributed by atoms with Gasteiger partial charge in [0.25, 0.3) is 0 Å². The minimum Gasteiger partial charge on any atom is -0.872 e. The summed E-state index contributed by atoms with van der Waals surface area (Å²) in [5.41, 5.74) is 0.659. The van der Waals surface area contributed by atoms with Crippen molar-refractivity contribution in [1.29, 1.82) is 0 Å². The fourth-order valence-corrected chi connectivity index (χ4v) is 1.01. The van der Waals surface area contributed by atoms with Gasteiger partial charge < -0.3 is 10.0 Å². The second kappa shape index (κ2) is 7.53. The number of benzene rings is 1. The third-order valence-electron chi connectivity index (χ3n) is 1.83. The van der Waals surface area contributed by atoms with Crippen molar-refractivity contribution in [3.05, 3.63) is 29.8 Å². The molecule has 3 nitrogen and oxygen atoms in total. The fourth-order valence-electron chi connectivity index (χ4n) is 1.01. The zero-order valence-corrected chi connectivity index (χ0v) is 9.60. The van der Waals surface area contributed by atoms with Gasteiger partial charge in [-0.3, -0.25) is 4.99 Å². The van der Waals surface area contributed by atoms with Gasteiger partial charge in [-0.2, -0.15) is 0 Å². The van der Waals surface area contributed by atoms with Gasteiger partial charge in [-0.15, -0.1) is 5.75 Å².